The normalized spacial score (nSPS) is 33.8. The predicted molar refractivity (Wildman–Crippen MR) is 68.1 cm³/mol. The molecule has 1 amide bonds. The Morgan fingerprint density at radius 1 is 1.28 bits per heavy atom. The van der Waals surface area contributed by atoms with E-state index in [0.717, 1.165) is 32.1 Å². The van der Waals surface area contributed by atoms with Gasteiger partial charge >= 0.3 is 5.97 Å². The van der Waals surface area contributed by atoms with Crippen molar-refractivity contribution in [2.75, 3.05) is 0 Å². The Morgan fingerprint density at radius 2 is 1.89 bits per heavy atom. The van der Waals surface area contributed by atoms with Crippen LogP contribution in [0.4, 0.5) is 0 Å². The molecule has 0 radical (unpaired) electrons. The van der Waals surface area contributed by atoms with Gasteiger partial charge in [-0.2, -0.15) is 0 Å². The van der Waals surface area contributed by atoms with Crippen LogP contribution in [-0.2, 0) is 9.59 Å². The van der Waals surface area contributed by atoms with Crippen LogP contribution in [-0.4, -0.2) is 22.5 Å². The highest BCUT2D eigenvalue weighted by Crippen LogP contribution is 2.55. The summed E-state index contributed by atoms with van der Waals surface area (Å²) in [4.78, 5) is 23.7. The first-order chi connectivity index (χ1) is 8.43. The van der Waals surface area contributed by atoms with Crippen molar-refractivity contribution in [1.29, 1.82) is 0 Å². The Bertz CT molecular complexity index is 360. The molecule has 2 fully saturated rings. The summed E-state index contributed by atoms with van der Waals surface area (Å²) in [7, 11) is 0. The van der Waals surface area contributed by atoms with Crippen LogP contribution in [0.15, 0.2) is 0 Å². The molecule has 4 nitrogen and oxygen atoms in total. The standard InChI is InChI=1S/C14H23NO3/c1-3-13(2)9-10(13)11(16)15-14(12(17)18)7-5-4-6-8-14/h10H,3-9H2,1-2H3,(H,15,16)(H,17,18). The molecule has 0 saturated heterocycles. The van der Waals surface area contributed by atoms with Crippen molar-refractivity contribution in [2.24, 2.45) is 11.3 Å². The lowest BCUT2D eigenvalue weighted by molar-refractivity contribution is -0.149. The smallest absolute Gasteiger partial charge is 0.329 e. The molecule has 2 atom stereocenters. The van der Waals surface area contributed by atoms with Gasteiger partial charge in [-0.25, -0.2) is 4.79 Å². The molecule has 102 valence electrons. The number of aliphatic carboxylic acids is 1. The first kappa shape index (κ1) is 13.4. The van der Waals surface area contributed by atoms with Crippen molar-refractivity contribution < 1.29 is 14.7 Å². The number of carbonyl (C=O) groups excluding carboxylic acids is 1. The summed E-state index contributed by atoms with van der Waals surface area (Å²) in [6.07, 6.45) is 5.87. The fourth-order valence-corrected chi connectivity index (χ4v) is 3.08. The van der Waals surface area contributed by atoms with Crippen LogP contribution in [0.1, 0.15) is 58.8 Å². The molecule has 0 bridgehead atoms. The number of rotatable bonds is 4. The Hall–Kier alpha value is -1.06. The van der Waals surface area contributed by atoms with E-state index >= 15 is 0 Å². The zero-order valence-corrected chi connectivity index (χ0v) is 11.3. The average Bonchev–Trinajstić information content (AvgIpc) is 3.04. The van der Waals surface area contributed by atoms with Gasteiger partial charge in [0.15, 0.2) is 0 Å². The molecule has 0 aliphatic heterocycles. The molecule has 2 N–H and O–H groups in total. The summed E-state index contributed by atoms with van der Waals surface area (Å²) in [5.41, 5.74) is -0.898. The van der Waals surface area contributed by atoms with E-state index < -0.39 is 11.5 Å². The Morgan fingerprint density at radius 3 is 2.33 bits per heavy atom. The van der Waals surface area contributed by atoms with Gasteiger partial charge in [0.1, 0.15) is 5.54 Å². The van der Waals surface area contributed by atoms with E-state index in [1.54, 1.807) is 0 Å². The van der Waals surface area contributed by atoms with Gasteiger partial charge in [0, 0.05) is 5.92 Å². The number of hydrogen-bond donors (Lipinski definition) is 2. The van der Waals surface area contributed by atoms with E-state index in [0.29, 0.717) is 12.8 Å². The van der Waals surface area contributed by atoms with E-state index in [1.807, 2.05) is 0 Å². The van der Waals surface area contributed by atoms with Gasteiger partial charge in [0.05, 0.1) is 0 Å². The number of hydrogen-bond acceptors (Lipinski definition) is 2. The minimum atomic E-state index is -0.993. The number of carboxylic acids is 1. The second-order valence-electron chi connectivity index (χ2n) is 6.20. The summed E-state index contributed by atoms with van der Waals surface area (Å²) >= 11 is 0. The van der Waals surface area contributed by atoms with Crippen LogP contribution in [0.25, 0.3) is 0 Å². The van der Waals surface area contributed by atoms with Crippen molar-refractivity contribution in [3.63, 3.8) is 0 Å². The average molecular weight is 253 g/mol. The van der Waals surface area contributed by atoms with Crippen LogP contribution in [0.5, 0.6) is 0 Å². The summed E-state index contributed by atoms with van der Waals surface area (Å²) < 4.78 is 0. The molecule has 2 aliphatic carbocycles. The van der Waals surface area contributed by atoms with Gasteiger partial charge < -0.3 is 10.4 Å². The fourth-order valence-electron chi connectivity index (χ4n) is 3.08. The quantitative estimate of drug-likeness (QED) is 0.808. The van der Waals surface area contributed by atoms with Gasteiger partial charge in [-0.3, -0.25) is 4.79 Å². The van der Waals surface area contributed by atoms with E-state index in [-0.39, 0.29) is 17.2 Å². The minimum absolute atomic E-state index is 0.0145. The van der Waals surface area contributed by atoms with Crippen LogP contribution in [0, 0.1) is 11.3 Å². The molecule has 4 heteroatoms. The number of amides is 1. The molecule has 2 saturated carbocycles. The van der Waals surface area contributed by atoms with Crippen LogP contribution in [0.3, 0.4) is 0 Å². The summed E-state index contributed by atoms with van der Waals surface area (Å²) in [6.45, 7) is 4.19. The maximum absolute atomic E-state index is 12.2. The second-order valence-corrected chi connectivity index (χ2v) is 6.20. The van der Waals surface area contributed by atoms with E-state index in [4.69, 9.17) is 0 Å². The highest BCUT2D eigenvalue weighted by molar-refractivity contribution is 5.90. The first-order valence-corrected chi connectivity index (χ1v) is 6.99. The first-order valence-electron chi connectivity index (χ1n) is 6.99. The molecule has 2 unspecified atom stereocenters. The molecule has 0 heterocycles. The maximum Gasteiger partial charge on any atom is 0.329 e. The highest BCUT2D eigenvalue weighted by atomic mass is 16.4. The SMILES string of the molecule is CCC1(C)CC1C(=O)NC1(C(=O)O)CCCCC1. The third-order valence-corrected chi connectivity index (χ3v) is 4.95. The maximum atomic E-state index is 12.2. The summed E-state index contributed by atoms with van der Waals surface area (Å²) in [5.74, 6) is -0.904. The van der Waals surface area contributed by atoms with E-state index in [2.05, 4.69) is 19.2 Å². The largest absolute Gasteiger partial charge is 0.480 e. The fraction of sp³-hybridized carbons (Fsp3) is 0.857. The predicted octanol–water partition coefficient (Wildman–Crippen LogP) is 2.33. The number of nitrogens with one attached hydrogen (secondary N) is 1. The molecular formula is C14H23NO3. The molecule has 2 aliphatic rings. The Kier molecular flexibility index (Phi) is 3.39. The van der Waals surface area contributed by atoms with Crippen molar-refractivity contribution in [1.82, 2.24) is 5.32 Å². The van der Waals surface area contributed by atoms with Crippen molar-refractivity contribution in [3.05, 3.63) is 0 Å². The van der Waals surface area contributed by atoms with Gasteiger partial charge in [-0.05, 0) is 31.1 Å². The summed E-state index contributed by atoms with van der Waals surface area (Å²) in [5, 5.41) is 12.3. The zero-order valence-electron chi connectivity index (χ0n) is 11.3. The van der Waals surface area contributed by atoms with Crippen molar-refractivity contribution in [3.8, 4) is 0 Å². The molecule has 0 aromatic rings. The van der Waals surface area contributed by atoms with Crippen molar-refractivity contribution in [2.45, 2.75) is 64.3 Å². The number of carbonyl (C=O) groups is 2. The minimum Gasteiger partial charge on any atom is -0.480 e. The molecule has 0 aromatic heterocycles. The van der Waals surface area contributed by atoms with Crippen molar-refractivity contribution >= 4 is 11.9 Å². The third kappa shape index (κ3) is 2.25. The van der Waals surface area contributed by atoms with Gasteiger partial charge in [0.25, 0.3) is 0 Å². The molecule has 0 aromatic carbocycles. The topological polar surface area (TPSA) is 66.4 Å². The molecule has 0 spiro atoms. The summed E-state index contributed by atoms with van der Waals surface area (Å²) in [6, 6.07) is 0. The van der Waals surface area contributed by atoms with Crippen LogP contribution < -0.4 is 5.32 Å². The third-order valence-electron chi connectivity index (χ3n) is 4.95. The monoisotopic (exact) mass is 253 g/mol. The Balaban J connectivity index is 2.02. The lowest BCUT2D eigenvalue weighted by Gasteiger charge is -2.34. The van der Waals surface area contributed by atoms with E-state index in [9.17, 15) is 14.7 Å². The van der Waals surface area contributed by atoms with Gasteiger partial charge in [0.2, 0.25) is 5.91 Å². The van der Waals surface area contributed by atoms with E-state index in [1.165, 1.54) is 0 Å². The molecular weight excluding hydrogens is 230 g/mol. The lowest BCUT2D eigenvalue weighted by atomic mass is 9.81. The van der Waals surface area contributed by atoms with Gasteiger partial charge in [-0.15, -0.1) is 0 Å². The second kappa shape index (κ2) is 4.56. The zero-order chi connectivity index (χ0) is 13.4. The lowest BCUT2D eigenvalue weighted by Crippen LogP contribution is -2.56. The molecule has 2 rings (SSSR count). The van der Waals surface area contributed by atoms with Crippen LogP contribution in [0.2, 0.25) is 0 Å². The highest BCUT2D eigenvalue weighted by Gasteiger charge is 2.55. The Labute approximate surface area is 108 Å². The molecule has 18 heavy (non-hydrogen) atoms. The number of carboxylic acid groups (broad SMARTS) is 1. The van der Waals surface area contributed by atoms with Gasteiger partial charge in [-0.1, -0.05) is 33.1 Å². The van der Waals surface area contributed by atoms with Crippen LogP contribution >= 0.6 is 0 Å².